The van der Waals surface area contributed by atoms with Crippen LogP contribution in [0.25, 0.3) is 10.9 Å². The Hall–Kier alpha value is -2.46. The molecular formula is C19H19ClN2O2. The molecule has 2 N–H and O–H groups in total. The largest absolute Gasteiger partial charge is 0.481 e. The van der Waals surface area contributed by atoms with E-state index in [1.165, 1.54) is 0 Å². The minimum Gasteiger partial charge on any atom is -0.481 e. The number of benzene rings is 2. The number of amides is 1. The highest BCUT2D eigenvalue weighted by molar-refractivity contribution is 6.31. The highest BCUT2D eigenvalue weighted by atomic mass is 35.5. The van der Waals surface area contributed by atoms with Gasteiger partial charge in [-0.05, 0) is 49.2 Å². The Labute approximate surface area is 145 Å². The number of ether oxygens (including phenoxy) is 1. The lowest BCUT2D eigenvalue weighted by Gasteiger charge is -2.14. The first-order valence-electron chi connectivity index (χ1n) is 7.88. The Kier molecular flexibility index (Phi) is 5.06. The van der Waals surface area contributed by atoms with Crippen molar-refractivity contribution in [1.82, 2.24) is 10.3 Å². The smallest absolute Gasteiger partial charge is 0.260 e. The number of rotatable bonds is 6. The fraction of sp³-hybridized carbons (Fsp3) is 0.211. The molecule has 1 atom stereocenters. The molecule has 0 aliphatic rings. The SMILES string of the molecule is CC(Oc1ccccc1)C(=O)NCCc1c[nH]c2ccc(Cl)cc12. The van der Waals surface area contributed by atoms with E-state index in [0.29, 0.717) is 17.3 Å². The Bertz CT molecular complexity index is 830. The minimum absolute atomic E-state index is 0.128. The van der Waals surface area contributed by atoms with Gasteiger partial charge in [0.2, 0.25) is 0 Å². The van der Waals surface area contributed by atoms with Gasteiger partial charge in [-0.1, -0.05) is 29.8 Å². The molecule has 0 aliphatic heterocycles. The molecule has 1 unspecified atom stereocenters. The van der Waals surface area contributed by atoms with E-state index in [2.05, 4.69) is 10.3 Å². The molecule has 0 aliphatic carbocycles. The maximum atomic E-state index is 12.1. The summed E-state index contributed by atoms with van der Waals surface area (Å²) in [6.45, 7) is 2.29. The van der Waals surface area contributed by atoms with Gasteiger partial charge in [-0.15, -0.1) is 0 Å². The second kappa shape index (κ2) is 7.41. The Morgan fingerprint density at radius 2 is 2.04 bits per heavy atom. The van der Waals surface area contributed by atoms with E-state index in [-0.39, 0.29) is 5.91 Å². The third kappa shape index (κ3) is 3.89. The molecule has 0 radical (unpaired) electrons. The normalized spacial score (nSPS) is 12.1. The van der Waals surface area contributed by atoms with Crippen molar-refractivity contribution < 1.29 is 9.53 Å². The first-order valence-corrected chi connectivity index (χ1v) is 8.26. The van der Waals surface area contributed by atoms with Crippen molar-refractivity contribution in [2.45, 2.75) is 19.4 Å². The van der Waals surface area contributed by atoms with Crippen LogP contribution >= 0.6 is 11.6 Å². The lowest BCUT2D eigenvalue weighted by Crippen LogP contribution is -2.37. The summed E-state index contributed by atoms with van der Waals surface area (Å²) in [6, 6.07) is 15.1. The van der Waals surface area contributed by atoms with Gasteiger partial charge in [-0.25, -0.2) is 0 Å². The van der Waals surface area contributed by atoms with Gasteiger partial charge in [0.25, 0.3) is 5.91 Å². The number of hydrogen-bond acceptors (Lipinski definition) is 2. The van der Waals surface area contributed by atoms with Crippen LogP contribution in [0.1, 0.15) is 12.5 Å². The fourth-order valence-electron chi connectivity index (χ4n) is 2.58. The molecule has 2 aromatic carbocycles. The maximum Gasteiger partial charge on any atom is 0.260 e. The zero-order chi connectivity index (χ0) is 16.9. The summed E-state index contributed by atoms with van der Waals surface area (Å²) in [6.07, 6.45) is 2.14. The van der Waals surface area contributed by atoms with Gasteiger partial charge >= 0.3 is 0 Å². The van der Waals surface area contributed by atoms with Crippen molar-refractivity contribution in [3.63, 3.8) is 0 Å². The van der Waals surface area contributed by atoms with Gasteiger partial charge < -0.3 is 15.0 Å². The van der Waals surface area contributed by atoms with Crippen LogP contribution in [0.2, 0.25) is 5.02 Å². The molecule has 3 rings (SSSR count). The molecule has 0 fully saturated rings. The van der Waals surface area contributed by atoms with Crippen LogP contribution < -0.4 is 10.1 Å². The zero-order valence-corrected chi connectivity index (χ0v) is 14.1. The van der Waals surface area contributed by atoms with Gasteiger partial charge in [0, 0.05) is 28.7 Å². The van der Waals surface area contributed by atoms with Crippen LogP contribution in [0, 0.1) is 0 Å². The van der Waals surface area contributed by atoms with Gasteiger partial charge in [0.15, 0.2) is 6.10 Å². The summed E-state index contributed by atoms with van der Waals surface area (Å²) in [4.78, 5) is 15.3. The van der Waals surface area contributed by atoms with Crippen molar-refractivity contribution in [3.8, 4) is 5.75 Å². The Morgan fingerprint density at radius 1 is 1.25 bits per heavy atom. The van der Waals surface area contributed by atoms with E-state index >= 15 is 0 Å². The molecule has 0 bridgehead atoms. The lowest BCUT2D eigenvalue weighted by molar-refractivity contribution is -0.127. The number of nitrogens with one attached hydrogen (secondary N) is 2. The first kappa shape index (κ1) is 16.4. The lowest BCUT2D eigenvalue weighted by atomic mass is 10.1. The number of para-hydroxylation sites is 1. The Morgan fingerprint density at radius 3 is 2.83 bits per heavy atom. The second-order valence-electron chi connectivity index (χ2n) is 5.62. The van der Waals surface area contributed by atoms with E-state index < -0.39 is 6.10 Å². The van der Waals surface area contributed by atoms with Gasteiger partial charge in [-0.3, -0.25) is 4.79 Å². The third-order valence-corrected chi connectivity index (χ3v) is 4.08. The van der Waals surface area contributed by atoms with Crippen LogP contribution in [0.4, 0.5) is 0 Å². The number of carbonyl (C=O) groups excluding carboxylic acids is 1. The van der Waals surface area contributed by atoms with E-state index in [1.807, 2.05) is 54.7 Å². The molecule has 4 nitrogen and oxygen atoms in total. The number of aromatic amines is 1. The summed E-state index contributed by atoms with van der Waals surface area (Å²) < 4.78 is 5.61. The topological polar surface area (TPSA) is 54.1 Å². The van der Waals surface area contributed by atoms with E-state index in [4.69, 9.17) is 16.3 Å². The number of fused-ring (bicyclic) bond motifs is 1. The number of aromatic nitrogens is 1. The molecule has 1 aromatic heterocycles. The predicted molar refractivity (Wildman–Crippen MR) is 96.6 cm³/mol. The van der Waals surface area contributed by atoms with Crippen molar-refractivity contribution in [2.75, 3.05) is 6.54 Å². The molecule has 0 saturated carbocycles. The van der Waals surface area contributed by atoms with Gasteiger partial charge in [0.05, 0.1) is 0 Å². The quantitative estimate of drug-likeness (QED) is 0.712. The zero-order valence-electron chi connectivity index (χ0n) is 13.4. The van der Waals surface area contributed by atoms with Crippen molar-refractivity contribution in [2.24, 2.45) is 0 Å². The highest BCUT2D eigenvalue weighted by Crippen LogP contribution is 2.22. The molecule has 5 heteroatoms. The first-order chi connectivity index (χ1) is 11.6. The van der Waals surface area contributed by atoms with Crippen LogP contribution in [0.3, 0.4) is 0 Å². The highest BCUT2D eigenvalue weighted by Gasteiger charge is 2.14. The minimum atomic E-state index is -0.537. The molecular weight excluding hydrogens is 324 g/mol. The van der Waals surface area contributed by atoms with Crippen molar-refractivity contribution >= 4 is 28.4 Å². The summed E-state index contributed by atoms with van der Waals surface area (Å²) >= 11 is 6.05. The monoisotopic (exact) mass is 342 g/mol. The summed E-state index contributed by atoms with van der Waals surface area (Å²) in [5, 5.41) is 4.70. The average molecular weight is 343 g/mol. The van der Waals surface area contributed by atoms with Crippen LogP contribution in [-0.2, 0) is 11.2 Å². The molecule has 0 saturated heterocycles. The Balaban J connectivity index is 1.53. The van der Waals surface area contributed by atoms with Crippen LogP contribution in [0.5, 0.6) is 5.75 Å². The number of carbonyl (C=O) groups is 1. The predicted octanol–water partition coefficient (Wildman–Crippen LogP) is 3.95. The number of H-pyrrole nitrogens is 1. The van der Waals surface area contributed by atoms with E-state index in [9.17, 15) is 4.79 Å². The van der Waals surface area contributed by atoms with E-state index in [1.54, 1.807) is 6.92 Å². The average Bonchev–Trinajstić information content (AvgIpc) is 2.98. The summed E-state index contributed by atoms with van der Waals surface area (Å²) in [5.41, 5.74) is 2.17. The molecule has 1 amide bonds. The standard InChI is InChI=1S/C19H19ClN2O2/c1-13(24-16-5-3-2-4-6-16)19(23)21-10-9-14-12-22-18-8-7-15(20)11-17(14)18/h2-8,11-13,22H,9-10H2,1H3,(H,21,23). The third-order valence-electron chi connectivity index (χ3n) is 3.85. The molecule has 3 aromatic rings. The second-order valence-corrected chi connectivity index (χ2v) is 6.05. The summed E-state index contributed by atoms with van der Waals surface area (Å²) in [5.74, 6) is 0.558. The molecule has 0 spiro atoms. The van der Waals surface area contributed by atoms with E-state index in [0.717, 1.165) is 22.9 Å². The number of halogens is 1. The van der Waals surface area contributed by atoms with Crippen molar-refractivity contribution in [1.29, 1.82) is 0 Å². The number of hydrogen-bond donors (Lipinski definition) is 2. The van der Waals surface area contributed by atoms with Gasteiger partial charge in [0.1, 0.15) is 5.75 Å². The van der Waals surface area contributed by atoms with Crippen LogP contribution in [0.15, 0.2) is 54.7 Å². The molecule has 24 heavy (non-hydrogen) atoms. The summed E-state index contributed by atoms with van der Waals surface area (Å²) in [7, 11) is 0. The molecule has 124 valence electrons. The molecule has 1 heterocycles. The maximum absolute atomic E-state index is 12.1. The van der Waals surface area contributed by atoms with Crippen molar-refractivity contribution in [3.05, 3.63) is 65.3 Å². The van der Waals surface area contributed by atoms with Gasteiger partial charge in [-0.2, -0.15) is 0 Å². The van der Waals surface area contributed by atoms with Crippen LogP contribution in [-0.4, -0.2) is 23.5 Å². The fourth-order valence-corrected chi connectivity index (χ4v) is 2.75.